The van der Waals surface area contributed by atoms with E-state index in [4.69, 9.17) is 65.8 Å². The van der Waals surface area contributed by atoms with E-state index in [1.807, 2.05) is 65.8 Å². The van der Waals surface area contributed by atoms with Gasteiger partial charge in [0.1, 0.15) is 34.9 Å². The van der Waals surface area contributed by atoms with Gasteiger partial charge in [0.25, 0.3) is 0 Å². The topological polar surface area (TPSA) is 160 Å². The molecule has 2 aliphatic heterocycles. The maximum atomic E-state index is 14.6. The number of rotatable bonds is 6. The van der Waals surface area contributed by atoms with Gasteiger partial charge < -0.3 is 29.9 Å². The van der Waals surface area contributed by atoms with Gasteiger partial charge in [-0.1, -0.05) is 46.4 Å². The van der Waals surface area contributed by atoms with Crippen molar-refractivity contribution in [2.45, 2.75) is 90.3 Å². The Morgan fingerprint density at radius 3 is 1.38 bits per heavy atom. The maximum Gasteiger partial charge on any atom is 0.410 e. The van der Waals surface area contributed by atoms with Crippen molar-refractivity contribution in [3.05, 3.63) is 104 Å². The number of nitrogens with one attached hydrogen (secondary N) is 2. The summed E-state index contributed by atoms with van der Waals surface area (Å²) in [6.45, 7) is 13.4. The largest absolute Gasteiger partial charge is 0.444 e. The lowest BCUT2D eigenvalue weighted by atomic mass is 9.94. The molecule has 2 atom stereocenters. The number of piperidine rings is 2. The van der Waals surface area contributed by atoms with Crippen molar-refractivity contribution in [1.29, 1.82) is 0 Å². The third kappa shape index (κ3) is 11.7. The minimum Gasteiger partial charge on any atom is -0.444 e. The number of benzene rings is 2. The zero-order valence-corrected chi connectivity index (χ0v) is 40.1. The number of anilines is 4. The highest BCUT2D eigenvalue weighted by Gasteiger charge is 2.31. The van der Waals surface area contributed by atoms with Crippen LogP contribution >= 0.6 is 46.4 Å². The minimum atomic E-state index is -0.674. The molecule has 14 nitrogen and oxygen atoms in total. The molecule has 348 valence electrons. The van der Waals surface area contributed by atoms with E-state index in [9.17, 15) is 18.4 Å². The molecule has 0 saturated carbocycles. The molecule has 2 aliphatic rings. The average molecular weight is 985 g/mol. The highest BCUT2D eigenvalue weighted by atomic mass is 35.5. The van der Waals surface area contributed by atoms with Gasteiger partial charge in [0.15, 0.2) is 23.3 Å². The van der Waals surface area contributed by atoms with Gasteiger partial charge >= 0.3 is 12.2 Å². The Morgan fingerprint density at radius 1 is 0.606 bits per heavy atom. The van der Waals surface area contributed by atoms with Crippen LogP contribution < -0.4 is 10.6 Å². The van der Waals surface area contributed by atoms with Crippen molar-refractivity contribution in [3.8, 4) is 0 Å². The molecule has 4 aromatic heterocycles. The summed E-state index contributed by atoms with van der Waals surface area (Å²) in [6, 6.07) is 13.5. The van der Waals surface area contributed by atoms with Crippen molar-refractivity contribution in [1.82, 2.24) is 39.7 Å². The van der Waals surface area contributed by atoms with Crippen LogP contribution in [0.3, 0.4) is 0 Å². The van der Waals surface area contributed by atoms with E-state index in [0.29, 0.717) is 59.9 Å². The number of halogens is 6. The lowest BCUT2D eigenvalue weighted by Crippen LogP contribution is -2.42. The van der Waals surface area contributed by atoms with Gasteiger partial charge in [-0.2, -0.15) is 0 Å². The van der Waals surface area contributed by atoms with Crippen LogP contribution in [0.15, 0.2) is 61.2 Å². The number of ether oxygens (including phenoxy) is 2. The zero-order chi connectivity index (χ0) is 47.5. The lowest BCUT2D eigenvalue weighted by molar-refractivity contribution is 0.0187. The Hall–Kier alpha value is -5.42. The number of fused-ring (bicyclic) bond motifs is 2. The fourth-order valence-corrected chi connectivity index (χ4v) is 8.09. The summed E-state index contributed by atoms with van der Waals surface area (Å²) < 4.78 is 40.2. The fraction of sp³-hybridized carbons (Fsp3) is 0.391. The molecule has 6 aromatic rings. The highest BCUT2D eigenvalue weighted by Crippen LogP contribution is 2.36. The van der Waals surface area contributed by atoms with Gasteiger partial charge in [-0.3, -0.25) is 0 Å². The first-order valence-corrected chi connectivity index (χ1v) is 22.8. The number of carbonyl (C=O) groups excluding carboxylic acids is 2. The number of hydrogen-bond acceptors (Lipinski definition) is 12. The van der Waals surface area contributed by atoms with Crippen molar-refractivity contribution in [2.75, 3.05) is 36.8 Å². The summed E-state index contributed by atoms with van der Waals surface area (Å²) in [6.07, 6.45) is 5.56. The SMILES string of the molecule is CC(C)(C)OC(=O)N1CCCC(c2ccc3ncnc(Nc4ccc(Cl)c(Cl)c4F)c3n2)C1.CC(C)(C)OC(=O)N1CCC[C@@H](c2ccc3ncnc(Nc4ccc(Cl)c(Cl)c4F)c3n2)C1. The number of hydrogen-bond donors (Lipinski definition) is 2. The van der Waals surface area contributed by atoms with Gasteiger partial charge in [0.2, 0.25) is 0 Å². The lowest BCUT2D eigenvalue weighted by Gasteiger charge is -2.34. The Morgan fingerprint density at radius 2 is 1.00 bits per heavy atom. The van der Waals surface area contributed by atoms with Crippen LogP contribution in [0.4, 0.5) is 41.4 Å². The van der Waals surface area contributed by atoms with Crippen LogP contribution in [0.5, 0.6) is 0 Å². The van der Waals surface area contributed by atoms with Gasteiger partial charge in [0, 0.05) is 49.4 Å². The highest BCUT2D eigenvalue weighted by molar-refractivity contribution is 6.42. The maximum absolute atomic E-state index is 14.6. The molecule has 1 unspecified atom stereocenters. The van der Waals surface area contributed by atoms with E-state index in [-0.39, 0.29) is 55.5 Å². The summed E-state index contributed by atoms with van der Waals surface area (Å²) in [4.78, 5) is 55.1. The van der Waals surface area contributed by atoms with Gasteiger partial charge in [0.05, 0.1) is 42.5 Å². The molecule has 2 saturated heterocycles. The zero-order valence-electron chi connectivity index (χ0n) is 37.1. The number of nitrogens with zero attached hydrogens (tertiary/aromatic N) is 8. The number of likely N-dealkylation sites (tertiary alicyclic amines) is 2. The third-order valence-electron chi connectivity index (χ3n) is 10.6. The predicted molar refractivity (Wildman–Crippen MR) is 254 cm³/mol. The smallest absolute Gasteiger partial charge is 0.410 e. The van der Waals surface area contributed by atoms with Crippen LogP contribution in [0.1, 0.15) is 90.4 Å². The van der Waals surface area contributed by atoms with Crippen LogP contribution in [0.2, 0.25) is 20.1 Å². The van der Waals surface area contributed by atoms with Crippen LogP contribution in [0.25, 0.3) is 22.1 Å². The molecule has 66 heavy (non-hydrogen) atoms. The number of carbonyl (C=O) groups is 2. The van der Waals surface area contributed by atoms with Crippen LogP contribution in [-0.4, -0.2) is 89.3 Å². The molecule has 0 bridgehead atoms. The molecule has 2 N–H and O–H groups in total. The molecule has 8 rings (SSSR count). The van der Waals surface area contributed by atoms with E-state index in [2.05, 4.69) is 30.6 Å². The summed E-state index contributed by atoms with van der Waals surface area (Å²) in [5.41, 5.74) is 2.98. The number of amides is 2. The van der Waals surface area contributed by atoms with Gasteiger partial charge in [-0.25, -0.2) is 48.3 Å². The Labute approximate surface area is 400 Å². The van der Waals surface area contributed by atoms with Gasteiger partial charge in [-0.15, -0.1) is 0 Å². The monoisotopic (exact) mass is 982 g/mol. The normalized spacial score (nSPS) is 16.7. The summed E-state index contributed by atoms with van der Waals surface area (Å²) in [7, 11) is 0. The van der Waals surface area contributed by atoms with E-state index >= 15 is 0 Å². The fourth-order valence-electron chi connectivity index (χ4n) is 7.47. The third-order valence-corrected chi connectivity index (χ3v) is 12.1. The van der Waals surface area contributed by atoms with Crippen molar-refractivity contribution in [2.24, 2.45) is 0 Å². The second kappa shape index (κ2) is 20.2. The minimum absolute atomic E-state index is 0.0328. The number of aromatic nitrogens is 6. The first-order chi connectivity index (χ1) is 31.2. The summed E-state index contributed by atoms with van der Waals surface area (Å²) in [5, 5.41) is 5.81. The standard InChI is InChI=1S/2C23H24Cl2FN5O2/c2*1-23(2,3)33-22(32)31-10-4-5-13(11-31)15-8-9-17-20(29-15)21(28-12-27-17)30-16-7-6-14(24)18(25)19(16)26/h2*6-9,12-13H,4-5,10-11H2,1-3H3,(H,27,28,30)/t13-;/m1./s1. The second-order valence-corrected chi connectivity index (χ2v) is 19.4. The molecule has 2 amide bonds. The van der Waals surface area contributed by atoms with E-state index in [1.54, 1.807) is 9.80 Å². The Balaban J connectivity index is 0.000000196. The molecule has 0 aliphatic carbocycles. The van der Waals surface area contributed by atoms with E-state index < -0.39 is 22.8 Å². The molecule has 0 spiro atoms. The Bertz CT molecular complexity index is 2590. The molecule has 2 fully saturated rings. The molecular weight excluding hydrogens is 936 g/mol. The molecule has 6 heterocycles. The predicted octanol–water partition coefficient (Wildman–Crippen LogP) is 12.7. The quantitative estimate of drug-likeness (QED) is 0.152. The van der Waals surface area contributed by atoms with E-state index in [0.717, 1.165) is 37.1 Å². The first kappa shape index (κ1) is 48.5. The molecule has 0 radical (unpaired) electrons. The molecule has 20 heteroatoms. The average Bonchev–Trinajstić information content (AvgIpc) is 3.28. The van der Waals surface area contributed by atoms with Crippen molar-refractivity contribution in [3.63, 3.8) is 0 Å². The van der Waals surface area contributed by atoms with Crippen LogP contribution in [0, 0.1) is 11.6 Å². The van der Waals surface area contributed by atoms with Gasteiger partial charge in [-0.05, 0) is 116 Å². The van der Waals surface area contributed by atoms with E-state index in [1.165, 1.54) is 36.9 Å². The molecular formula is C46H48Cl4F2N10O4. The summed E-state index contributed by atoms with van der Waals surface area (Å²) in [5.74, 6) is -0.589. The first-order valence-electron chi connectivity index (χ1n) is 21.2. The summed E-state index contributed by atoms with van der Waals surface area (Å²) >= 11 is 23.6. The second-order valence-electron chi connectivity index (χ2n) is 17.9. The Kier molecular flexibility index (Phi) is 14.9. The van der Waals surface area contributed by atoms with Crippen molar-refractivity contribution >= 4 is 104 Å². The van der Waals surface area contributed by atoms with Crippen molar-refractivity contribution < 1.29 is 27.8 Å². The number of pyridine rings is 2. The molecule has 2 aromatic carbocycles. The van der Waals surface area contributed by atoms with Crippen LogP contribution in [-0.2, 0) is 9.47 Å².